The number of aryl methyl sites for hydroxylation is 4. The number of carbonyl (C=O) groups is 8. The number of halogens is 8. The second-order valence-corrected chi connectivity index (χ2v) is 48.7. The molecule has 16 rings (SSSR count). The molecule has 8 fully saturated rings. The van der Waals surface area contributed by atoms with Gasteiger partial charge in [-0.25, -0.2) is 91.8 Å². The number of sulfone groups is 2. The normalized spacial score (nSPS) is 22.0. The zero-order valence-corrected chi connectivity index (χ0v) is 90.0. The summed E-state index contributed by atoms with van der Waals surface area (Å²) in [6, 6.07) is 4.47. The minimum atomic E-state index is -3.10. The summed E-state index contributed by atoms with van der Waals surface area (Å²) in [5, 5.41) is 34.8. The molecule has 8 aromatic heterocycles. The quantitative estimate of drug-likeness (QED) is 0.0216. The molecule has 15 heterocycles. The van der Waals surface area contributed by atoms with E-state index in [1.54, 1.807) is 52.5 Å². The Kier molecular flexibility index (Phi) is 36.5. The molecule has 7 aliphatic heterocycles. The van der Waals surface area contributed by atoms with E-state index in [0.29, 0.717) is 130 Å². The number of ether oxygens (including phenoxy) is 1. The molecule has 9 atom stereocenters. The molecule has 802 valence electrons. The fraction of sp³-hybridized carbons (Fsp3) is 0.596. The first-order valence-electron chi connectivity index (χ1n) is 49.7. The Bertz CT molecular complexity index is 6380. The molecule has 1 saturated carbocycles. The van der Waals surface area contributed by atoms with Crippen molar-refractivity contribution in [3.63, 3.8) is 0 Å². The van der Waals surface area contributed by atoms with Crippen molar-refractivity contribution in [2.45, 2.75) is 316 Å². The van der Waals surface area contributed by atoms with E-state index in [4.69, 9.17) is 4.74 Å². The standard InChI is InChI=1S/C25H33F2N5O4S2.2C25H33F2N5O3S.C24H31F2N5O4S2/c1-5-15(3)29-19-10-14(2)18(12-28-19)21-20(24(34)32-13-25(26,27)11-16(32)4)31-23(37-21)22(33)30-17-6-8-38(35,36)9-7-17;1-5-15(3)29-19-10-14(2)18(12-28-19)21-20(24(34)32-13-25(26,27)11-16(32)4)31-23(36-21)22(33)30-17-6-8-35-9-7-17;1-5-14(3)29-19-9-13(2)16(11-28-19)21-20(24(35)32-12-25(26,27)10-15(32)4)31-23(36-21)22(34)30-17-7-6-8-18(17)33;1-13(2)28-18-9-14(3)17(11-27-18)20-19(23(33)31-12-24(25,26)10-15(31)4)30-22(36-20)21(32)29-16-5-7-37(34,35)8-6-16/h10,12,15-17H,5-9,11,13H2,1-4H3,(H,28,29)(H,30,33);10,12,15-17H,5-9,11,13H2,1-4H3,(H,28,29)(H,30,33);9,11,14-15,17-18,33H,5-8,10,12H2,1-4H3,(H,28,29)(H,30,34);9,11,13,15-16H,5-8,10,12H2,1-4H3,(H,27,28)(H,29,32)/t2*15-,16+;14-,15+,17-,18-;15-/m1110/s1. The van der Waals surface area contributed by atoms with Gasteiger partial charge in [-0.3, -0.25) is 38.4 Å². The zero-order valence-electron chi connectivity index (χ0n) is 85.1. The van der Waals surface area contributed by atoms with Gasteiger partial charge in [-0.2, -0.15) is 0 Å². The van der Waals surface area contributed by atoms with Crippen LogP contribution in [-0.2, 0) is 24.4 Å². The number of rotatable bonds is 27. The number of likely N-dealkylation sites (tertiary alicyclic amines) is 4. The molecule has 8 amide bonds. The lowest BCUT2D eigenvalue weighted by molar-refractivity contribution is 0.0115. The van der Waals surface area contributed by atoms with Gasteiger partial charge in [0.15, 0.2) is 20.0 Å². The van der Waals surface area contributed by atoms with Crippen molar-refractivity contribution in [1.29, 1.82) is 0 Å². The van der Waals surface area contributed by atoms with E-state index in [1.165, 1.54) is 0 Å². The third-order valence-electron chi connectivity index (χ3n) is 27.3. The summed E-state index contributed by atoms with van der Waals surface area (Å²) in [5.74, 6) is -13.7. The number of pyridine rings is 4. The second-order valence-electron chi connectivity index (χ2n) is 40.1. The molecule has 48 heteroatoms. The summed E-state index contributed by atoms with van der Waals surface area (Å²) >= 11 is 4.11. The molecule has 0 spiro atoms. The SMILES string of the molecule is CC[C@@H](C)Nc1cc(C)c(-c2sc(C(=O)NC3CCOCC3)nc2C(=O)N2CC(F)(F)C[C@@H]2C)cn1.CC[C@@H](C)Nc1cc(C)c(-c2sc(C(=O)NC3CCS(=O)(=O)CC3)nc2C(=O)N2CC(F)(F)C[C@@H]2C)cn1.CC[C@@H](C)Nc1cc(C)c(-c2sc(C(=O)N[C@@H]3CCC[C@H]3O)nc2C(=O)N2CC(F)(F)C[C@@H]2C)cn1.Cc1cc(NC(C)C)ncc1-c1sc(C(=O)NC2CCS(=O)(=O)CC2)nc1C(=O)N1CC(F)(F)C[C@@H]1C. The lowest BCUT2D eigenvalue weighted by atomic mass is 10.1. The molecule has 9 N–H and O–H groups in total. The maximum atomic E-state index is 14.1. The summed E-state index contributed by atoms with van der Waals surface area (Å²) in [4.78, 5) is 148. The van der Waals surface area contributed by atoms with Gasteiger partial charge in [-0.1, -0.05) is 20.8 Å². The van der Waals surface area contributed by atoms with Crippen LogP contribution in [0.5, 0.6) is 0 Å². The number of alkyl halides is 8. The van der Waals surface area contributed by atoms with Gasteiger partial charge in [0.2, 0.25) is 0 Å². The second kappa shape index (κ2) is 47.3. The van der Waals surface area contributed by atoms with E-state index < -0.39 is 167 Å². The van der Waals surface area contributed by atoms with Crippen molar-refractivity contribution in [3.05, 3.63) is 114 Å². The molecule has 0 unspecified atom stereocenters. The summed E-state index contributed by atoms with van der Waals surface area (Å²) in [6.07, 6.45) is 11.5. The van der Waals surface area contributed by atoms with Crippen LogP contribution in [0.25, 0.3) is 41.8 Å². The highest BCUT2D eigenvalue weighted by Gasteiger charge is 2.51. The molecule has 8 aromatic rings. The number of nitrogens with one attached hydrogen (secondary N) is 8. The number of thiazole rings is 4. The monoisotopic (exact) mass is 2170 g/mol. The molecule has 1 aliphatic carbocycles. The molecule has 147 heavy (non-hydrogen) atoms. The van der Waals surface area contributed by atoms with Gasteiger partial charge in [0, 0.05) is 152 Å². The van der Waals surface area contributed by atoms with Crippen molar-refractivity contribution >= 4 is 136 Å². The van der Waals surface area contributed by atoms with Crippen molar-refractivity contribution < 1.29 is 100 Å². The Balaban J connectivity index is 0.000000164. The van der Waals surface area contributed by atoms with Crippen LogP contribution in [0, 0.1) is 27.7 Å². The van der Waals surface area contributed by atoms with E-state index in [-0.39, 0.29) is 120 Å². The van der Waals surface area contributed by atoms with E-state index >= 15 is 0 Å². The summed E-state index contributed by atoms with van der Waals surface area (Å²) < 4.78 is 165. The number of nitrogens with zero attached hydrogens (tertiary/aromatic N) is 12. The molecular formula is C99H130F8N20O14S6. The minimum Gasteiger partial charge on any atom is -0.391 e. The third-order valence-corrected chi connectivity index (χ3v) is 35.0. The predicted molar refractivity (Wildman–Crippen MR) is 550 cm³/mol. The first-order valence-corrected chi connectivity index (χ1v) is 56.6. The molecule has 0 aromatic carbocycles. The maximum absolute atomic E-state index is 14.1. The lowest BCUT2D eigenvalue weighted by Crippen LogP contribution is -2.41. The largest absolute Gasteiger partial charge is 0.391 e. The van der Waals surface area contributed by atoms with E-state index in [0.717, 1.165) is 113 Å². The predicted octanol–water partition coefficient (Wildman–Crippen LogP) is 16.2. The van der Waals surface area contributed by atoms with Crippen LogP contribution in [0.4, 0.5) is 58.4 Å². The Hall–Kier alpha value is -10.7. The number of aliphatic hydroxyl groups is 1. The van der Waals surface area contributed by atoms with Crippen LogP contribution in [-0.4, -0.2) is 293 Å². The number of hydrogen-bond acceptors (Lipinski definition) is 30. The van der Waals surface area contributed by atoms with Gasteiger partial charge in [-0.05, 0) is 214 Å². The molecule has 8 aliphatic rings. The topological polar surface area (TPSA) is 447 Å². The highest BCUT2D eigenvalue weighted by atomic mass is 32.2. The smallest absolute Gasteiger partial charge is 0.280 e. The van der Waals surface area contributed by atoms with Gasteiger partial charge < -0.3 is 72.0 Å². The highest BCUT2D eigenvalue weighted by Crippen LogP contribution is 2.45. The van der Waals surface area contributed by atoms with Crippen LogP contribution < -0.4 is 42.5 Å². The van der Waals surface area contributed by atoms with Gasteiger partial charge in [0.05, 0.1) is 80.8 Å². The van der Waals surface area contributed by atoms with Crippen LogP contribution in [0.15, 0.2) is 49.1 Å². The number of anilines is 4. The van der Waals surface area contributed by atoms with Crippen molar-refractivity contribution in [2.24, 2.45) is 0 Å². The van der Waals surface area contributed by atoms with Crippen LogP contribution in [0.1, 0.15) is 289 Å². The molecule has 0 radical (unpaired) electrons. The Morgan fingerprint density at radius 1 is 0.395 bits per heavy atom. The van der Waals surface area contributed by atoms with Gasteiger partial charge in [0.1, 0.15) is 65.7 Å². The number of carbonyl (C=O) groups excluding carboxylic acids is 8. The number of hydrogen-bond donors (Lipinski definition) is 9. The van der Waals surface area contributed by atoms with E-state index in [1.807, 2.05) is 79.7 Å². The minimum absolute atomic E-state index is 0.00619. The fourth-order valence-corrected chi connectivity index (χ4v) is 25.6. The summed E-state index contributed by atoms with van der Waals surface area (Å²) in [6.45, 7) is 28.4. The number of aliphatic hydroxyl groups excluding tert-OH is 1. The molecule has 34 nitrogen and oxygen atoms in total. The van der Waals surface area contributed by atoms with Gasteiger partial charge in [0.25, 0.3) is 70.9 Å². The number of aromatic nitrogens is 8. The third kappa shape index (κ3) is 28.7. The Morgan fingerprint density at radius 2 is 0.646 bits per heavy atom. The summed E-state index contributed by atoms with van der Waals surface area (Å²) in [7, 11) is -6.19. The first-order chi connectivity index (χ1) is 69.1. The average Bonchev–Trinajstić information content (AvgIpc) is 1.63. The van der Waals surface area contributed by atoms with Crippen molar-refractivity contribution in [2.75, 3.05) is 83.7 Å². The zero-order chi connectivity index (χ0) is 107. The molecule has 7 saturated heterocycles. The average molecular weight is 2170 g/mol. The highest BCUT2D eigenvalue weighted by molar-refractivity contribution is 7.91. The van der Waals surface area contributed by atoms with E-state index in [9.17, 15) is 95.4 Å². The van der Waals surface area contributed by atoms with Gasteiger partial charge >= 0.3 is 0 Å². The van der Waals surface area contributed by atoms with Crippen LogP contribution in [0.3, 0.4) is 0 Å². The lowest BCUT2D eigenvalue weighted by Gasteiger charge is -2.22. The Morgan fingerprint density at radius 3 is 0.871 bits per heavy atom. The number of amides is 8. The van der Waals surface area contributed by atoms with Crippen LogP contribution >= 0.6 is 45.3 Å². The molecular weight excluding hydrogens is 2040 g/mol. The Labute approximate surface area is 866 Å². The summed E-state index contributed by atoms with van der Waals surface area (Å²) in [5.41, 5.74) is 5.48. The fourth-order valence-electron chi connectivity index (χ4n) is 18.5. The van der Waals surface area contributed by atoms with Gasteiger partial charge in [-0.15, -0.1) is 45.3 Å². The van der Waals surface area contributed by atoms with E-state index in [2.05, 4.69) is 110 Å². The first kappa shape index (κ1) is 113. The van der Waals surface area contributed by atoms with Crippen molar-refractivity contribution in [1.82, 2.24) is 80.7 Å². The van der Waals surface area contributed by atoms with Crippen molar-refractivity contribution in [3.8, 4) is 41.8 Å². The maximum Gasteiger partial charge on any atom is 0.280 e. The molecule has 0 bridgehead atoms. The van der Waals surface area contributed by atoms with Crippen LogP contribution in [0.2, 0.25) is 0 Å².